The summed E-state index contributed by atoms with van der Waals surface area (Å²) in [5.74, 6) is -0.873. The molecule has 0 bridgehead atoms. The van der Waals surface area contributed by atoms with Gasteiger partial charge >= 0.3 is 16.1 Å². The van der Waals surface area contributed by atoms with Gasteiger partial charge in [-0.25, -0.2) is 0 Å². The van der Waals surface area contributed by atoms with Gasteiger partial charge < -0.3 is 14.8 Å². The summed E-state index contributed by atoms with van der Waals surface area (Å²) >= 11 is 0. The van der Waals surface area contributed by atoms with Crippen LogP contribution in [0.2, 0.25) is 0 Å². The van der Waals surface area contributed by atoms with Gasteiger partial charge in [-0.15, -0.1) is 0 Å². The van der Waals surface area contributed by atoms with Crippen LogP contribution in [0.4, 0.5) is 5.69 Å². The predicted molar refractivity (Wildman–Crippen MR) is 83.3 cm³/mol. The van der Waals surface area contributed by atoms with Gasteiger partial charge in [-0.2, -0.15) is 8.42 Å². The number of nitrogens with two attached hydrogens (primary N) is 1. The average molecular weight is 316 g/mol. The molecule has 0 fully saturated rings. The van der Waals surface area contributed by atoms with Gasteiger partial charge in [0.15, 0.2) is 0 Å². The summed E-state index contributed by atoms with van der Waals surface area (Å²) < 4.78 is 26.7. The van der Waals surface area contributed by atoms with E-state index in [0.717, 1.165) is 6.92 Å². The molecule has 0 aliphatic rings. The van der Waals surface area contributed by atoms with Crippen molar-refractivity contribution in [3.05, 3.63) is 24.3 Å². The number of rotatable bonds is 5. The number of nitrogens with zero attached hydrogens (tertiary/aromatic N) is 1. The van der Waals surface area contributed by atoms with Gasteiger partial charge in [0.2, 0.25) is 0 Å². The van der Waals surface area contributed by atoms with Crippen molar-refractivity contribution >= 4 is 21.8 Å². The normalized spacial score (nSPS) is 10.7. The highest BCUT2D eigenvalue weighted by molar-refractivity contribution is 7.87. The van der Waals surface area contributed by atoms with Crippen LogP contribution in [0, 0.1) is 0 Å². The third-order valence-electron chi connectivity index (χ3n) is 2.74. The molecular weight excluding hydrogens is 292 g/mol. The molecule has 0 heterocycles. The Labute approximate surface area is 127 Å². The van der Waals surface area contributed by atoms with Crippen LogP contribution in [-0.4, -0.2) is 38.9 Å². The Morgan fingerprint density at radius 2 is 1.52 bits per heavy atom. The van der Waals surface area contributed by atoms with Crippen molar-refractivity contribution in [3.8, 4) is 0 Å². The summed E-state index contributed by atoms with van der Waals surface area (Å²) in [6.07, 6.45) is 0. The molecule has 0 aliphatic carbocycles. The fourth-order valence-corrected chi connectivity index (χ4v) is 2.38. The Kier molecular flexibility index (Phi) is 8.64. The summed E-state index contributed by atoms with van der Waals surface area (Å²) in [6.45, 7) is 11.1. The summed E-state index contributed by atoms with van der Waals surface area (Å²) in [5.41, 5.74) is 5.81. The summed E-state index contributed by atoms with van der Waals surface area (Å²) in [5, 5.41) is 0. The Hall–Kier alpha value is -1.60. The SMILES string of the molecule is CC(=O)OS(=O)(=O)c1ccc(N)cc1.CCN(CC)CC. The first-order valence-corrected chi connectivity index (χ1v) is 8.20. The lowest BCUT2D eigenvalue weighted by Gasteiger charge is -2.13. The lowest BCUT2D eigenvalue weighted by Crippen LogP contribution is -2.21. The molecule has 0 radical (unpaired) electrons. The number of benzene rings is 1. The zero-order valence-electron chi connectivity index (χ0n) is 13.0. The highest BCUT2D eigenvalue weighted by Crippen LogP contribution is 2.14. The van der Waals surface area contributed by atoms with Crippen molar-refractivity contribution in [3.63, 3.8) is 0 Å². The van der Waals surface area contributed by atoms with Crippen molar-refractivity contribution in [2.45, 2.75) is 32.6 Å². The fourth-order valence-electron chi connectivity index (χ4n) is 1.51. The molecule has 21 heavy (non-hydrogen) atoms. The minimum Gasteiger partial charge on any atom is -0.399 e. The minimum atomic E-state index is -3.98. The molecule has 0 saturated heterocycles. The highest BCUT2D eigenvalue weighted by atomic mass is 32.2. The van der Waals surface area contributed by atoms with E-state index >= 15 is 0 Å². The van der Waals surface area contributed by atoms with E-state index in [9.17, 15) is 13.2 Å². The summed E-state index contributed by atoms with van der Waals surface area (Å²) in [6, 6.07) is 5.37. The Balaban J connectivity index is 0.000000486. The Morgan fingerprint density at radius 3 is 1.81 bits per heavy atom. The van der Waals surface area contributed by atoms with E-state index in [2.05, 4.69) is 29.9 Å². The molecule has 0 unspecified atom stereocenters. The molecule has 0 aliphatic heterocycles. The minimum absolute atomic E-state index is 0.0955. The van der Waals surface area contributed by atoms with E-state index in [1.54, 1.807) is 0 Å². The van der Waals surface area contributed by atoms with Gasteiger partial charge in [0.25, 0.3) is 0 Å². The summed E-state index contributed by atoms with van der Waals surface area (Å²) in [7, 11) is -3.98. The first-order chi connectivity index (χ1) is 9.76. The molecule has 0 aromatic heterocycles. The van der Waals surface area contributed by atoms with Crippen LogP contribution in [-0.2, 0) is 19.1 Å². The third kappa shape index (κ3) is 7.67. The van der Waals surface area contributed by atoms with E-state index < -0.39 is 16.1 Å². The third-order valence-corrected chi connectivity index (χ3v) is 4.04. The van der Waals surface area contributed by atoms with Crippen LogP contribution < -0.4 is 5.73 Å². The average Bonchev–Trinajstić information content (AvgIpc) is 2.40. The molecule has 6 nitrogen and oxygen atoms in total. The molecule has 0 atom stereocenters. The van der Waals surface area contributed by atoms with Crippen molar-refractivity contribution in [1.82, 2.24) is 4.90 Å². The predicted octanol–water partition coefficient (Wildman–Crippen LogP) is 1.87. The zero-order chi connectivity index (χ0) is 16.5. The maximum Gasteiger partial charge on any atom is 0.341 e. The molecule has 0 spiro atoms. The van der Waals surface area contributed by atoms with E-state index in [-0.39, 0.29) is 4.90 Å². The number of carbonyl (C=O) groups excluding carboxylic acids is 1. The van der Waals surface area contributed by atoms with Crippen molar-refractivity contribution < 1.29 is 17.4 Å². The molecule has 1 aromatic carbocycles. The van der Waals surface area contributed by atoms with E-state index in [1.165, 1.54) is 43.9 Å². The van der Waals surface area contributed by atoms with Crippen LogP contribution in [0.15, 0.2) is 29.2 Å². The van der Waals surface area contributed by atoms with Crippen LogP contribution in [0.3, 0.4) is 0 Å². The second-order valence-electron chi connectivity index (χ2n) is 4.22. The standard InChI is InChI=1S/C8H9NO4S.C6H15N/c1-6(10)13-14(11,12)8-4-2-7(9)3-5-8;1-4-7(5-2)6-3/h2-5H,9H2,1H3;4-6H2,1-3H3. The van der Waals surface area contributed by atoms with Crippen LogP contribution >= 0.6 is 0 Å². The van der Waals surface area contributed by atoms with Gasteiger partial charge in [0.1, 0.15) is 4.90 Å². The number of carbonyl (C=O) groups is 1. The van der Waals surface area contributed by atoms with Gasteiger partial charge in [-0.05, 0) is 43.9 Å². The van der Waals surface area contributed by atoms with Gasteiger partial charge in [-0.1, -0.05) is 20.8 Å². The van der Waals surface area contributed by atoms with E-state index in [1.807, 2.05) is 0 Å². The molecule has 1 rings (SSSR count). The first-order valence-electron chi connectivity index (χ1n) is 6.79. The van der Waals surface area contributed by atoms with E-state index in [4.69, 9.17) is 5.73 Å². The molecule has 7 heteroatoms. The maximum atomic E-state index is 11.3. The van der Waals surface area contributed by atoms with Gasteiger partial charge in [0, 0.05) is 12.6 Å². The fraction of sp³-hybridized carbons (Fsp3) is 0.500. The van der Waals surface area contributed by atoms with Crippen molar-refractivity contribution in [1.29, 1.82) is 0 Å². The Bertz CT molecular complexity index is 517. The topological polar surface area (TPSA) is 89.7 Å². The van der Waals surface area contributed by atoms with Crippen LogP contribution in [0.25, 0.3) is 0 Å². The quantitative estimate of drug-likeness (QED) is 0.659. The molecule has 2 N–H and O–H groups in total. The molecule has 1 aromatic rings. The molecule has 0 saturated carbocycles. The van der Waals surface area contributed by atoms with Gasteiger partial charge in [0.05, 0.1) is 0 Å². The van der Waals surface area contributed by atoms with Gasteiger partial charge in [-0.3, -0.25) is 4.79 Å². The first kappa shape index (κ1) is 19.4. The summed E-state index contributed by atoms with van der Waals surface area (Å²) in [4.78, 5) is 12.8. The largest absolute Gasteiger partial charge is 0.399 e. The lowest BCUT2D eigenvalue weighted by molar-refractivity contribution is -0.131. The zero-order valence-corrected chi connectivity index (χ0v) is 13.8. The maximum absolute atomic E-state index is 11.3. The lowest BCUT2D eigenvalue weighted by atomic mass is 10.3. The second kappa shape index (κ2) is 9.36. The van der Waals surface area contributed by atoms with Crippen molar-refractivity contribution in [2.75, 3.05) is 25.4 Å². The molecule has 0 amide bonds. The number of anilines is 1. The molecular formula is C14H24N2O4S. The highest BCUT2D eigenvalue weighted by Gasteiger charge is 2.17. The number of nitrogen functional groups attached to an aromatic ring is 1. The number of hydrogen-bond donors (Lipinski definition) is 1. The Morgan fingerprint density at radius 1 is 1.10 bits per heavy atom. The second-order valence-corrected chi connectivity index (χ2v) is 5.76. The van der Waals surface area contributed by atoms with Crippen LogP contribution in [0.1, 0.15) is 27.7 Å². The smallest absolute Gasteiger partial charge is 0.341 e. The van der Waals surface area contributed by atoms with Crippen LogP contribution in [0.5, 0.6) is 0 Å². The monoisotopic (exact) mass is 316 g/mol. The number of hydrogen-bond acceptors (Lipinski definition) is 6. The van der Waals surface area contributed by atoms with Crippen molar-refractivity contribution in [2.24, 2.45) is 0 Å². The van der Waals surface area contributed by atoms with E-state index in [0.29, 0.717) is 5.69 Å². The molecule has 120 valence electrons.